The van der Waals surface area contributed by atoms with Crippen molar-refractivity contribution in [2.45, 2.75) is 19.3 Å². The van der Waals surface area contributed by atoms with Crippen LogP contribution in [-0.2, 0) is 0 Å². The molecule has 10 heavy (non-hydrogen) atoms. The van der Waals surface area contributed by atoms with Crippen LogP contribution in [0.1, 0.15) is 19.3 Å². The maximum atomic E-state index is 8.38. The van der Waals surface area contributed by atoms with Crippen LogP contribution in [0.5, 0.6) is 0 Å². The Hall–Kier alpha value is 0.455. The van der Waals surface area contributed by atoms with E-state index in [9.17, 15) is 0 Å². The van der Waals surface area contributed by atoms with E-state index in [1.807, 2.05) is 0 Å². The van der Waals surface area contributed by atoms with E-state index < -0.39 is 7.12 Å². The molecule has 0 rings (SSSR count). The molecule has 0 unspecified atom stereocenters. The van der Waals surface area contributed by atoms with Crippen LogP contribution in [0.4, 0.5) is 0 Å². The Kier molecular flexibility index (Phi) is 7.90. The minimum atomic E-state index is -1.28. The molecule has 4 heteroatoms. The van der Waals surface area contributed by atoms with Gasteiger partial charge >= 0.3 is 7.12 Å². The zero-order valence-electron chi connectivity index (χ0n) is 5.83. The zero-order chi connectivity index (χ0) is 7.82. The van der Waals surface area contributed by atoms with Gasteiger partial charge in [-0.2, -0.15) is 0 Å². The summed E-state index contributed by atoms with van der Waals surface area (Å²) in [6.07, 6.45) is 5.08. The number of allylic oxidation sites excluding steroid dienone is 1. The van der Waals surface area contributed by atoms with Gasteiger partial charge in [-0.05, 0) is 23.7 Å². The van der Waals surface area contributed by atoms with E-state index in [1.165, 1.54) is 16.8 Å². The maximum absolute atomic E-state index is 8.38. The van der Waals surface area contributed by atoms with E-state index in [4.69, 9.17) is 10.0 Å². The molecule has 0 heterocycles. The lowest BCUT2D eigenvalue weighted by atomic mass is 9.91. The summed E-state index contributed by atoms with van der Waals surface area (Å²) in [4.78, 5) is 0. The SMILES string of the molecule is OB(O)C=CCCCCI. The van der Waals surface area contributed by atoms with E-state index in [0.29, 0.717) is 0 Å². The molecule has 58 valence electrons. The fourth-order valence-corrected chi connectivity index (χ4v) is 1.11. The molecule has 0 aromatic heterocycles. The van der Waals surface area contributed by atoms with Gasteiger partial charge in [0.1, 0.15) is 0 Å². The zero-order valence-corrected chi connectivity index (χ0v) is 7.99. The van der Waals surface area contributed by atoms with Gasteiger partial charge in [0.05, 0.1) is 0 Å². The second-order valence-corrected chi connectivity index (χ2v) is 3.11. The Bertz CT molecular complexity index is 95.7. The normalized spacial score (nSPS) is 10.7. The first-order valence-corrected chi connectivity index (χ1v) is 4.88. The highest BCUT2D eigenvalue weighted by Crippen LogP contribution is 1.99. The molecule has 0 saturated carbocycles. The number of halogens is 1. The third-order valence-electron chi connectivity index (χ3n) is 1.06. The largest absolute Gasteiger partial charge is 0.480 e. The Morgan fingerprint density at radius 2 is 2.00 bits per heavy atom. The van der Waals surface area contributed by atoms with Crippen molar-refractivity contribution in [1.29, 1.82) is 0 Å². The standard InChI is InChI=1S/C6H12BIO2/c8-6-4-2-1-3-5-7(9)10/h3,5,9-10H,1-2,4,6H2. The van der Waals surface area contributed by atoms with Crippen molar-refractivity contribution in [2.24, 2.45) is 0 Å². The van der Waals surface area contributed by atoms with Crippen LogP contribution >= 0.6 is 22.6 Å². The molecule has 0 spiro atoms. The Morgan fingerprint density at radius 3 is 2.50 bits per heavy atom. The smallest absolute Gasteiger partial charge is 0.424 e. The van der Waals surface area contributed by atoms with Gasteiger partial charge in [-0.15, -0.1) is 0 Å². The van der Waals surface area contributed by atoms with Crippen LogP contribution in [0, 0.1) is 0 Å². The lowest BCUT2D eigenvalue weighted by Gasteiger charge is -1.90. The Balaban J connectivity index is 3.02. The van der Waals surface area contributed by atoms with Gasteiger partial charge in [0.25, 0.3) is 0 Å². The summed E-state index contributed by atoms with van der Waals surface area (Å²) < 4.78 is 1.17. The molecule has 0 aromatic carbocycles. The number of hydrogen-bond donors (Lipinski definition) is 2. The van der Waals surface area contributed by atoms with Crippen LogP contribution < -0.4 is 0 Å². The van der Waals surface area contributed by atoms with Crippen LogP contribution in [0.25, 0.3) is 0 Å². The topological polar surface area (TPSA) is 40.5 Å². The highest BCUT2D eigenvalue weighted by Gasteiger charge is 1.95. The molecule has 0 bridgehead atoms. The summed E-state index contributed by atoms with van der Waals surface area (Å²) in [6, 6.07) is 0. The van der Waals surface area contributed by atoms with Crippen molar-refractivity contribution in [1.82, 2.24) is 0 Å². The Morgan fingerprint density at radius 1 is 1.30 bits per heavy atom. The molecular weight excluding hydrogens is 242 g/mol. The number of hydrogen-bond acceptors (Lipinski definition) is 2. The van der Waals surface area contributed by atoms with Crippen molar-refractivity contribution < 1.29 is 10.0 Å². The van der Waals surface area contributed by atoms with Gasteiger partial charge in [-0.3, -0.25) is 0 Å². The Labute approximate surface area is 75.6 Å². The van der Waals surface area contributed by atoms with Gasteiger partial charge < -0.3 is 10.0 Å². The molecule has 0 atom stereocenters. The quantitative estimate of drug-likeness (QED) is 0.334. The first kappa shape index (κ1) is 10.5. The average molecular weight is 254 g/mol. The lowest BCUT2D eigenvalue weighted by Crippen LogP contribution is -2.05. The van der Waals surface area contributed by atoms with Crippen molar-refractivity contribution in [3.63, 3.8) is 0 Å². The third-order valence-corrected chi connectivity index (χ3v) is 1.83. The lowest BCUT2D eigenvalue weighted by molar-refractivity contribution is 0.424. The van der Waals surface area contributed by atoms with E-state index in [-0.39, 0.29) is 0 Å². The molecule has 0 aliphatic rings. The van der Waals surface area contributed by atoms with E-state index >= 15 is 0 Å². The highest BCUT2D eigenvalue weighted by molar-refractivity contribution is 14.1. The molecular formula is C6H12BIO2. The molecule has 2 N–H and O–H groups in total. The van der Waals surface area contributed by atoms with Gasteiger partial charge in [0.2, 0.25) is 0 Å². The minimum absolute atomic E-state index is 0.945. The second kappa shape index (κ2) is 7.56. The van der Waals surface area contributed by atoms with Gasteiger partial charge in [0, 0.05) is 0 Å². The molecule has 2 nitrogen and oxygen atoms in total. The van der Waals surface area contributed by atoms with Gasteiger partial charge in [-0.25, -0.2) is 0 Å². The fourth-order valence-electron chi connectivity index (χ4n) is 0.575. The number of alkyl halides is 1. The molecule has 0 aliphatic heterocycles. The van der Waals surface area contributed by atoms with Crippen LogP contribution in [0.3, 0.4) is 0 Å². The number of unbranched alkanes of at least 4 members (excludes halogenated alkanes) is 2. The predicted octanol–water partition coefficient (Wildman–Crippen LogP) is 1.16. The summed E-state index contributed by atoms with van der Waals surface area (Å²) in [5, 5.41) is 16.8. The van der Waals surface area contributed by atoms with Gasteiger partial charge in [0.15, 0.2) is 0 Å². The van der Waals surface area contributed by atoms with Crippen molar-refractivity contribution in [3.8, 4) is 0 Å². The summed E-state index contributed by atoms with van der Waals surface area (Å²) in [6.45, 7) is 0. The first-order valence-electron chi connectivity index (χ1n) is 3.36. The van der Waals surface area contributed by atoms with Crippen LogP contribution in [-0.4, -0.2) is 21.6 Å². The van der Waals surface area contributed by atoms with Gasteiger partial charge in [-0.1, -0.05) is 34.6 Å². The van der Waals surface area contributed by atoms with E-state index in [2.05, 4.69) is 22.6 Å². The first-order chi connectivity index (χ1) is 4.77. The summed E-state index contributed by atoms with van der Waals surface area (Å²) in [5.41, 5.74) is 0. The van der Waals surface area contributed by atoms with Crippen molar-refractivity contribution in [2.75, 3.05) is 4.43 Å². The van der Waals surface area contributed by atoms with E-state index in [0.717, 1.165) is 12.8 Å². The molecule has 0 saturated heterocycles. The summed E-state index contributed by atoms with van der Waals surface area (Å²) in [5.74, 6) is 1.40. The summed E-state index contributed by atoms with van der Waals surface area (Å²) >= 11 is 2.33. The van der Waals surface area contributed by atoms with Crippen LogP contribution in [0.2, 0.25) is 0 Å². The van der Waals surface area contributed by atoms with Crippen molar-refractivity contribution >= 4 is 29.7 Å². The van der Waals surface area contributed by atoms with E-state index in [1.54, 1.807) is 6.08 Å². The second-order valence-electron chi connectivity index (χ2n) is 2.03. The average Bonchev–Trinajstić information content (AvgIpc) is 1.87. The predicted molar refractivity (Wildman–Crippen MR) is 52.1 cm³/mol. The molecule has 0 fully saturated rings. The fraction of sp³-hybridized carbons (Fsp3) is 0.667. The summed E-state index contributed by atoms with van der Waals surface area (Å²) in [7, 11) is -1.28. The monoisotopic (exact) mass is 254 g/mol. The van der Waals surface area contributed by atoms with Crippen molar-refractivity contribution in [3.05, 3.63) is 12.1 Å². The molecule has 0 aliphatic carbocycles. The highest BCUT2D eigenvalue weighted by atomic mass is 127. The molecule has 0 amide bonds. The minimum Gasteiger partial charge on any atom is -0.424 e. The third kappa shape index (κ3) is 8.45. The molecule has 0 radical (unpaired) electrons. The molecule has 0 aromatic rings. The number of rotatable bonds is 5. The maximum Gasteiger partial charge on any atom is 0.480 e. The van der Waals surface area contributed by atoms with Crippen LogP contribution in [0.15, 0.2) is 12.1 Å².